The first-order chi connectivity index (χ1) is 17.5. The summed E-state index contributed by atoms with van der Waals surface area (Å²) in [5, 5.41) is 12.3. The minimum absolute atomic E-state index is 0.300. The second-order valence-corrected chi connectivity index (χ2v) is 8.28. The second-order valence-electron chi connectivity index (χ2n) is 8.28. The summed E-state index contributed by atoms with van der Waals surface area (Å²) < 4.78 is 21.2. The quantitative estimate of drug-likeness (QED) is 0.113. The standard InChI is InChI=1S/C28H34N2O6/c1-33-24-13-8-21(9-14-24)28(32,22-10-15-25(34-2)16-11-22)23-12-17-26(35-3)20(19-23)7-5-4-6-18-36-27(31)30-29/h8-17,19,32H,4-7,18,29H2,1-3H3,(H,30,31). The van der Waals surface area contributed by atoms with Gasteiger partial charge in [-0.1, -0.05) is 30.3 Å². The highest BCUT2D eigenvalue weighted by atomic mass is 16.5. The number of rotatable bonds is 12. The molecule has 8 heteroatoms. The Morgan fingerprint density at radius 1 is 0.806 bits per heavy atom. The molecule has 0 radical (unpaired) electrons. The predicted octanol–water partition coefficient (Wildman–Crippen LogP) is 4.31. The normalized spacial score (nSPS) is 11.0. The summed E-state index contributed by atoms with van der Waals surface area (Å²) in [6.07, 6.45) is 2.53. The van der Waals surface area contributed by atoms with Crippen molar-refractivity contribution >= 4 is 6.09 Å². The monoisotopic (exact) mass is 494 g/mol. The summed E-state index contributed by atoms with van der Waals surface area (Å²) in [4.78, 5) is 11.1. The molecule has 3 rings (SSSR count). The lowest BCUT2D eigenvalue weighted by Gasteiger charge is -2.31. The first-order valence-electron chi connectivity index (χ1n) is 11.8. The van der Waals surface area contributed by atoms with E-state index in [-0.39, 0.29) is 0 Å². The highest BCUT2D eigenvalue weighted by Gasteiger charge is 2.34. The zero-order chi connectivity index (χ0) is 26.0. The molecule has 0 saturated heterocycles. The summed E-state index contributed by atoms with van der Waals surface area (Å²) in [7, 11) is 4.86. The maximum atomic E-state index is 12.3. The predicted molar refractivity (Wildman–Crippen MR) is 137 cm³/mol. The van der Waals surface area contributed by atoms with Gasteiger partial charge in [-0.2, -0.15) is 0 Å². The Labute approximate surface area is 211 Å². The molecule has 0 aliphatic heterocycles. The van der Waals surface area contributed by atoms with Crippen LogP contribution in [0.5, 0.6) is 17.2 Å². The maximum Gasteiger partial charge on any atom is 0.421 e. The fourth-order valence-electron chi connectivity index (χ4n) is 4.16. The van der Waals surface area contributed by atoms with Crippen molar-refractivity contribution in [3.05, 3.63) is 89.0 Å². The number of methoxy groups -OCH3 is 3. The molecular formula is C28H34N2O6. The van der Waals surface area contributed by atoms with E-state index >= 15 is 0 Å². The van der Waals surface area contributed by atoms with E-state index in [4.69, 9.17) is 24.8 Å². The number of carbonyl (C=O) groups excluding carboxylic acids is 1. The SMILES string of the molecule is COc1ccc(C(O)(c2ccc(OC)cc2)c2ccc(OC)c(CCCCCOC(=O)NN)c2)cc1. The van der Waals surface area contributed by atoms with Crippen molar-refractivity contribution in [3.8, 4) is 17.2 Å². The lowest BCUT2D eigenvalue weighted by molar-refractivity contribution is 0.125. The summed E-state index contributed by atoms with van der Waals surface area (Å²) >= 11 is 0. The van der Waals surface area contributed by atoms with Gasteiger partial charge in [0, 0.05) is 0 Å². The molecule has 0 bridgehead atoms. The molecule has 3 aromatic rings. The summed E-state index contributed by atoms with van der Waals surface area (Å²) in [6.45, 7) is 0.300. The number of unbranched alkanes of at least 4 members (excludes halogenated alkanes) is 2. The van der Waals surface area contributed by atoms with Gasteiger partial charge in [0.05, 0.1) is 27.9 Å². The number of amides is 1. The van der Waals surface area contributed by atoms with Gasteiger partial charge in [0.25, 0.3) is 0 Å². The summed E-state index contributed by atoms with van der Waals surface area (Å²) in [6, 6.07) is 20.6. The van der Waals surface area contributed by atoms with Crippen molar-refractivity contribution < 1.29 is 28.8 Å². The number of carbonyl (C=O) groups is 1. The van der Waals surface area contributed by atoms with Gasteiger partial charge in [0.15, 0.2) is 0 Å². The van der Waals surface area contributed by atoms with Crippen LogP contribution < -0.4 is 25.5 Å². The maximum absolute atomic E-state index is 12.3. The minimum atomic E-state index is -1.41. The number of aryl methyl sites for hydroxylation is 1. The van der Waals surface area contributed by atoms with Crippen LogP contribution >= 0.6 is 0 Å². The van der Waals surface area contributed by atoms with E-state index in [2.05, 4.69) is 0 Å². The molecule has 0 fully saturated rings. The van der Waals surface area contributed by atoms with Crippen molar-refractivity contribution in [2.45, 2.75) is 31.3 Å². The second kappa shape index (κ2) is 12.8. The molecule has 0 saturated carbocycles. The third-order valence-corrected chi connectivity index (χ3v) is 6.16. The molecule has 1 amide bonds. The molecule has 36 heavy (non-hydrogen) atoms. The number of hydrazine groups is 1. The van der Waals surface area contributed by atoms with Gasteiger partial charge in [-0.15, -0.1) is 0 Å². The van der Waals surface area contributed by atoms with Gasteiger partial charge < -0.3 is 24.1 Å². The molecule has 8 nitrogen and oxygen atoms in total. The molecule has 0 aliphatic rings. The van der Waals surface area contributed by atoms with Crippen molar-refractivity contribution in [1.29, 1.82) is 0 Å². The van der Waals surface area contributed by atoms with Gasteiger partial charge in [-0.3, -0.25) is 5.43 Å². The zero-order valence-electron chi connectivity index (χ0n) is 21.0. The number of aliphatic hydroxyl groups is 1. The first-order valence-corrected chi connectivity index (χ1v) is 11.8. The van der Waals surface area contributed by atoms with E-state index in [1.165, 1.54) is 0 Å². The Morgan fingerprint density at radius 3 is 1.86 bits per heavy atom. The molecule has 192 valence electrons. The molecule has 0 heterocycles. The molecule has 0 aliphatic carbocycles. The fraction of sp³-hybridized carbons (Fsp3) is 0.321. The Bertz CT molecular complexity index is 1070. The largest absolute Gasteiger partial charge is 0.497 e. The van der Waals surface area contributed by atoms with Crippen LogP contribution in [0.4, 0.5) is 4.79 Å². The van der Waals surface area contributed by atoms with Crippen LogP contribution in [0.25, 0.3) is 0 Å². The van der Waals surface area contributed by atoms with Crippen LogP contribution in [-0.4, -0.2) is 39.1 Å². The van der Waals surface area contributed by atoms with E-state index in [1.54, 1.807) is 21.3 Å². The van der Waals surface area contributed by atoms with Crippen LogP contribution in [0.15, 0.2) is 66.7 Å². The molecular weight excluding hydrogens is 460 g/mol. The topological polar surface area (TPSA) is 112 Å². The fourth-order valence-corrected chi connectivity index (χ4v) is 4.16. The Balaban J connectivity index is 1.91. The van der Waals surface area contributed by atoms with E-state index in [0.717, 1.165) is 42.6 Å². The van der Waals surface area contributed by atoms with Gasteiger partial charge >= 0.3 is 6.09 Å². The number of nitrogens with two attached hydrogens (primary N) is 1. The molecule has 3 aromatic carbocycles. The Hall–Kier alpha value is -3.75. The number of nitrogens with one attached hydrogen (secondary N) is 1. The van der Waals surface area contributed by atoms with Gasteiger partial charge in [0.2, 0.25) is 0 Å². The van der Waals surface area contributed by atoms with Crippen molar-refractivity contribution in [2.75, 3.05) is 27.9 Å². The number of ether oxygens (including phenoxy) is 4. The number of benzene rings is 3. The van der Waals surface area contributed by atoms with Gasteiger partial charge in [0.1, 0.15) is 22.8 Å². The van der Waals surface area contributed by atoms with Crippen molar-refractivity contribution in [2.24, 2.45) is 5.84 Å². The summed E-state index contributed by atoms with van der Waals surface area (Å²) in [5.74, 6) is 7.18. The lowest BCUT2D eigenvalue weighted by atomic mass is 9.79. The molecule has 0 aromatic heterocycles. The van der Waals surface area contributed by atoms with Crippen LogP contribution in [0.2, 0.25) is 0 Å². The van der Waals surface area contributed by atoms with Gasteiger partial charge in [-0.05, 0) is 84.3 Å². The molecule has 0 spiro atoms. The van der Waals surface area contributed by atoms with Crippen molar-refractivity contribution in [3.63, 3.8) is 0 Å². The smallest absolute Gasteiger partial charge is 0.421 e. The van der Waals surface area contributed by atoms with E-state index in [0.29, 0.717) is 29.2 Å². The zero-order valence-corrected chi connectivity index (χ0v) is 21.0. The highest BCUT2D eigenvalue weighted by Crippen LogP contribution is 2.39. The van der Waals surface area contributed by atoms with Crippen LogP contribution in [0.3, 0.4) is 0 Å². The Morgan fingerprint density at radius 2 is 1.36 bits per heavy atom. The number of hydrogen-bond donors (Lipinski definition) is 3. The average molecular weight is 495 g/mol. The van der Waals surface area contributed by atoms with Gasteiger partial charge in [-0.25, -0.2) is 10.6 Å². The molecule has 0 atom stereocenters. The minimum Gasteiger partial charge on any atom is -0.497 e. The third-order valence-electron chi connectivity index (χ3n) is 6.16. The first kappa shape index (κ1) is 26.8. The van der Waals surface area contributed by atoms with Crippen molar-refractivity contribution in [1.82, 2.24) is 5.43 Å². The molecule has 4 N–H and O–H groups in total. The third kappa shape index (κ3) is 6.27. The van der Waals surface area contributed by atoms with E-state index in [9.17, 15) is 9.90 Å². The highest BCUT2D eigenvalue weighted by molar-refractivity contribution is 5.66. The van der Waals surface area contributed by atoms with E-state index < -0.39 is 11.7 Å². The Kier molecular flexibility index (Phi) is 9.55. The van der Waals surface area contributed by atoms with Crippen LogP contribution in [0.1, 0.15) is 41.5 Å². The number of hydrogen-bond acceptors (Lipinski definition) is 7. The average Bonchev–Trinajstić information content (AvgIpc) is 2.94. The van der Waals surface area contributed by atoms with E-state index in [1.807, 2.05) is 72.2 Å². The van der Waals surface area contributed by atoms with Crippen LogP contribution in [-0.2, 0) is 16.8 Å². The lowest BCUT2D eigenvalue weighted by Crippen LogP contribution is -2.30. The molecule has 0 unspecified atom stereocenters. The summed E-state index contributed by atoms with van der Waals surface area (Å²) in [5.41, 5.74) is 3.65. The van der Waals surface area contributed by atoms with Crippen LogP contribution in [0, 0.1) is 0 Å².